The smallest absolute Gasteiger partial charge is 0.221 e. The maximum Gasteiger partial charge on any atom is 0.221 e. The number of carbonyl (C=O) groups excluding carboxylic acids is 1. The molecule has 0 aliphatic heterocycles. The highest BCUT2D eigenvalue weighted by Crippen LogP contribution is 2.04. The second kappa shape index (κ2) is 8.57. The molecule has 96 valence electrons. The summed E-state index contributed by atoms with van der Waals surface area (Å²) in [6.45, 7) is 12.4. The van der Waals surface area contributed by atoms with Crippen LogP contribution in [-0.4, -0.2) is 25.0 Å². The molecule has 3 heteroatoms. The summed E-state index contributed by atoms with van der Waals surface area (Å²) >= 11 is 0. The third-order valence-electron chi connectivity index (χ3n) is 2.71. The molecule has 0 aliphatic carbocycles. The van der Waals surface area contributed by atoms with Crippen LogP contribution in [0.1, 0.15) is 47.5 Å². The summed E-state index contributed by atoms with van der Waals surface area (Å²) in [6.07, 6.45) is 1.70. The van der Waals surface area contributed by atoms with Gasteiger partial charge in [-0.05, 0) is 18.3 Å². The molecule has 2 N–H and O–H groups in total. The first-order valence-corrected chi connectivity index (χ1v) is 6.47. The number of nitrogens with one attached hydrogen (secondary N) is 2. The highest BCUT2D eigenvalue weighted by molar-refractivity contribution is 5.76. The van der Waals surface area contributed by atoms with Gasteiger partial charge in [-0.15, -0.1) is 0 Å². The monoisotopic (exact) mass is 228 g/mol. The molecular formula is C13H28N2O. The van der Waals surface area contributed by atoms with Crippen LogP contribution in [0.5, 0.6) is 0 Å². The molecule has 1 amide bonds. The molecule has 3 nitrogen and oxygen atoms in total. The average Bonchev–Trinajstić information content (AvgIpc) is 2.20. The van der Waals surface area contributed by atoms with E-state index in [2.05, 4.69) is 45.3 Å². The fourth-order valence-electron chi connectivity index (χ4n) is 1.63. The van der Waals surface area contributed by atoms with E-state index in [0.29, 0.717) is 24.3 Å². The number of rotatable bonds is 8. The zero-order chi connectivity index (χ0) is 12.6. The maximum atomic E-state index is 11.4. The summed E-state index contributed by atoms with van der Waals surface area (Å²) < 4.78 is 0. The van der Waals surface area contributed by atoms with Crippen LogP contribution in [0.4, 0.5) is 0 Å². The lowest BCUT2D eigenvalue weighted by Gasteiger charge is -2.20. The molecule has 0 rings (SSSR count). The van der Waals surface area contributed by atoms with Crippen LogP contribution in [0.3, 0.4) is 0 Å². The molecule has 0 saturated heterocycles. The SMILES string of the molecule is CCC(NCCC(=O)NCC(C)C)C(C)C. The summed E-state index contributed by atoms with van der Waals surface area (Å²) in [5.74, 6) is 1.31. The molecule has 0 aromatic carbocycles. The number of hydrogen-bond donors (Lipinski definition) is 2. The molecule has 0 heterocycles. The van der Waals surface area contributed by atoms with E-state index < -0.39 is 0 Å². The minimum Gasteiger partial charge on any atom is -0.356 e. The Morgan fingerprint density at radius 1 is 1.19 bits per heavy atom. The lowest BCUT2D eigenvalue weighted by Crippen LogP contribution is -2.36. The van der Waals surface area contributed by atoms with Gasteiger partial charge in [0.25, 0.3) is 0 Å². The van der Waals surface area contributed by atoms with E-state index in [1.54, 1.807) is 0 Å². The van der Waals surface area contributed by atoms with Gasteiger partial charge in [-0.1, -0.05) is 34.6 Å². The summed E-state index contributed by atoms with van der Waals surface area (Å²) in [6, 6.07) is 0.526. The van der Waals surface area contributed by atoms with Crippen molar-refractivity contribution in [3.63, 3.8) is 0 Å². The van der Waals surface area contributed by atoms with Gasteiger partial charge in [0.05, 0.1) is 0 Å². The predicted molar refractivity (Wildman–Crippen MR) is 69.4 cm³/mol. The quantitative estimate of drug-likeness (QED) is 0.668. The Morgan fingerprint density at radius 3 is 2.25 bits per heavy atom. The van der Waals surface area contributed by atoms with E-state index in [1.807, 2.05) is 0 Å². The summed E-state index contributed by atoms with van der Waals surface area (Å²) in [4.78, 5) is 11.4. The third-order valence-corrected chi connectivity index (χ3v) is 2.71. The minimum atomic E-state index is 0.153. The number of hydrogen-bond acceptors (Lipinski definition) is 2. The number of carbonyl (C=O) groups is 1. The fraction of sp³-hybridized carbons (Fsp3) is 0.923. The lowest BCUT2D eigenvalue weighted by molar-refractivity contribution is -0.121. The van der Waals surface area contributed by atoms with Gasteiger partial charge in [0.2, 0.25) is 5.91 Å². The van der Waals surface area contributed by atoms with Crippen LogP contribution in [0.2, 0.25) is 0 Å². The molecule has 0 saturated carbocycles. The van der Waals surface area contributed by atoms with Gasteiger partial charge >= 0.3 is 0 Å². The van der Waals surface area contributed by atoms with Gasteiger partial charge in [-0.2, -0.15) is 0 Å². The minimum absolute atomic E-state index is 0.153. The molecule has 0 aromatic heterocycles. The third kappa shape index (κ3) is 7.69. The first-order valence-electron chi connectivity index (χ1n) is 6.47. The van der Waals surface area contributed by atoms with Crippen LogP contribution < -0.4 is 10.6 Å². The molecule has 0 spiro atoms. The molecule has 16 heavy (non-hydrogen) atoms. The topological polar surface area (TPSA) is 41.1 Å². The van der Waals surface area contributed by atoms with Crippen molar-refractivity contribution in [1.82, 2.24) is 10.6 Å². The average molecular weight is 228 g/mol. The van der Waals surface area contributed by atoms with Gasteiger partial charge in [0, 0.05) is 25.6 Å². The van der Waals surface area contributed by atoms with Gasteiger partial charge in [-0.3, -0.25) is 4.79 Å². The van der Waals surface area contributed by atoms with Gasteiger partial charge in [0.15, 0.2) is 0 Å². The van der Waals surface area contributed by atoms with E-state index in [-0.39, 0.29) is 5.91 Å². The van der Waals surface area contributed by atoms with Crippen LogP contribution in [0, 0.1) is 11.8 Å². The molecule has 1 unspecified atom stereocenters. The van der Waals surface area contributed by atoms with Crippen molar-refractivity contribution in [3.8, 4) is 0 Å². The highest BCUT2D eigenvalue weighted by atomic mass is 16.1. The Hall–Kier alpha value is -0.570. The highest BCUT2D eigenvalue weighted by Gasteiger charge is 2.10. The Labute approximate surface area is 100 Å². The molecule has 0 radical (unpaired) electrons. The van der Waals surface area contributed by atoms with E-state index in [4.69, 9.17) is 0 Å². The Balaban J connectivity index is 3.60. The maximum absolute atomic E-state index is 11.4. The van der Waals surface area contributed by atoms with Crippen LogP contribution in [0.25, 0.3) is 0 Å². The van der Waals surface area contributed by atoms with E-state index in [1.165, 1.54) is 0 Å². The summed E-state index contributed by atoms with van der Waals surface area (Å²) in [7, 11) is 0. The molecular weight excluding hydrogens is 200 g/mol. The zero-order valence-electron chi connectivity index (χ0n) is 11.5. The van der Waals surface area contributed by atoms with E-state index >= 15 is 0 Å². The van der Waals surface area contributed by atoms with Gasteiger partial charge < -0.3 is 10.6 Å². The standard InChI is InChI=1S/C13H28N2O/c1-6-12(11(4)5)14-8-7-13(16)15-9-10(2)3/h10-12,14H,6-9H2,1-5H3,(H,15,16). The Bertz CT molecular complexity index is 190. The predicted octanol–water partition coefficient (Wildman–Crippen LogP) is 2.17. The molecule has 0 fully saturated rings. The van der Waals surface area contributed by atoms with Crippen LogP contribution in [0.15, 0.2) is 0 Å². The van der Waals surface area contributed by atoms with Gasteiger partial charge in [0.1, 0.15) is 0 Å². The molecule has 0 aromatic rings. The van der Waals surface area contributed by atoms with Crippen molar-refractivity contribution >= 4 is 5.91 Å². The summed E-state index contributed by atoms with van der Waals surface area (Å²) in [5, 5.41) is 6.35. The molecule has 0 bridgehead atoms. The van der Waals surface area contributed by atoms with Crippen molar-refractivity contribution in [2.45, 2.75) is 53.5 Å². The number of amides is 1. The lowest BCUT2D eigenvalue weighted by atomic mass is 10.0. The second-order valence-corrected chi connectivity index (χ2v) is 5.16. The van der Waals surface area contributed by atoms with Crippen molar-refractivity contribution in [3.05, 3.63) is 0 Å². The first kappa shape index (κ1) is 15.4. The Morgan fingerprint density at radius 2 is 1.81 bits per heavy atom. The van der Waals surface area contributed by atoms with Crippen molar-refractivity contribution in [2.75, 3.05) is 13.1 Å². The molecule has 0 aliphatic rings. The van der Waals surface area contributed by atoms with Gasteiger partial charge in [-0.25, -0.2) is 0 Å². The Kier molecular flexibility index (Phi) is 8.26. The second-order valence-electron chi connectivity index (χ2n) is 5.16. The zero-order valence-corrected chi connectivity index (χ0v) is 11.5. The molecule has 1 atom stereocenters. The largest absolute Gasteiger partial charge is 0.356 e. The van der Waals surface area contributed by atoms with Crippen molar-refractivity contribution in [1.29, 1.82) is 0 Å². The van der Waals surface area contributed by atoms with E-state index in [0.717, 1.165) is 19.5 Å². The van der Waals surface area contributed by atoms with Crippen molar-refractivity contribution in [2.24, 2.45) is 11.8 Å². The van der Waals surface area contributed by atoms with Crippen LogP contribution >= 0.6 is 0 Å². The summed E-state index contributed by atoms with van der Waals surface area (Å²) in [5.41, 5.74) is 0. The van der Waals surface area contributed by atoms with Crippen molar-refractivity contribution < 1.29 is 4.79 Å². The normalized spacial score (nSPS) is 13.2. The first-order chi connectivity index (χ1) is 7.47. The fourth-order valence-corrected chi connectivity index (χ4v) is 1.63. The van der Waals surface area contributed by atoms with E-state index in [9.17, 15) is 4.79 Å². The van der Waals surface area contributed by atoms with Crippen LogP contribution in [-0.2, 0) is 4.79 Å².